The average Bonchev–Trinajstić information content (AvgIpc) is 3.18. The first-order chi connectivity index (χ1) is 14.0. The number of amides is 2. The van der Waals surface area contributed by atoms with Gasteiger partial charge in [-0.05, 0) is 42.8 Å². The number of hydrogen-bond acceptors (Lipinski definition) is 4. The second-order valence-corrected chi connectivity index (χ2v) is 6.65. The molecule has 0 saturated heterocycles. The fraction of sp³-hybridized carbons (Fsp3) is 0.190. The van der Waals surface area contributed by atoms with Crippen molar-refractivity contribution in [2.75, 3.05) is 18.5 Å². The minimum Gasteiger partial charge on any atom is -0.484 e. The summed E-state index contributed by atoms with van der Waals surface area (Å²) in [4.78, 5) is 23.9. The predicted octanol–water partition coefficient (Wildman–Crippen LogP) is 3.35. The van der Waals surface area contributed by atoms with Gasteiger partial charge in [0.15, 0.2) is 6.61 Å². The molecule has 0 aliphatic carbocycles. The molecule has 2 aromatic carbocycles. The molecule has 3 aromatic rings. The molecule has 0 radical (unpaired) electrons. The predicted molar refractivity (Wildman–Crippen MR) is 111 cm³/mol. The molecule has 29 heavy (non-hydrogen) atoms. The number of halogens is 1. The Kier molecular flexibility index (Phi) is 6.86. The molecule has 2 N–H and O–H groups in total. The number of ether oxygens (including phenoxy) is 1. The van der Waals surface area contributed by atoms with Crippen LogP contribution in [0.5, 0.6) is 5.75 Å². The maximum absolute atomic E-state index is 12.4. The molecular formula is C21H21ClN4O3. The molecule has 0 bridgehead atoms. The highest BCUT2D eigenvalue weighted by atomic mass is 35.5. The molecule has 3 rings (SSSR count). The second kappa shape index (κ2) is 9.75. The zero-order valence-corrected chi connectivity index (χ0v) is 16.6. The first-order valence-electron chi connectivity index (χ1n) is 9.12. The van der Waals surface area contributed by atoms with E-state index in [1.54, 1.807) is 35.1 Å². The van der Waals surface area contributed by atoms with E-state index >= 15 is 0 Å². The van der Waals surface area contributed by atoms with E-state index in [0.717, 1.165) is 5.56 Å². The highest BCUT2D eigenvalue weighted by Crippen LogP contribution is 2.18. The van der Waals surface area contributed by atoms with Crippen molar-refractivity contribution in [1.29, 1.82) is 0 Å². The smallest absolute Gasteiger partial charge is 0.258 e. The first kappa shape index (κ1) is 20.4. The Balaban J connectivity index is 1.56. The van der Waals surface area contributed by atoms with E-state index in [2.05, 4.69) is 15.7 Å². The van der Waals surface area contributed by atoms with Gasteiger partial charge in [0.25, 0.3) is 11.8 Å². The number of benzene rings is 2. The summed E-state index contributed by atoms with van der Waals surface area (Å²) >= 11 is 6.17. The van der Waals surface area contributed by atoms with Crippen LogP contribution in [0.25, 0.3) is 0 Å². The summed E-state index contributed by atoms with van der Waals surface area (Å²) in [5, 5.41) is 10.3. The summed E-state index contributed by atoms with van der Waals surface area (Å²) in [6.07, 6.45) is 3.18. The molecule has 0 unspecified atom stereocenters. The number of aromatic nitrogens is 2. The third kappa shape index (κ3) is 5.83. The normalized spacial score (nSPS) is 10.4. The van der Waals surface area contributed by atoms with Gasteiger partial charge in [-0.2, -0.15) is 5.10 Å². The number of rotatable bonds is 8. The van der Waals surface area contributed by atoms with Crippen LogP contribution < -0.4 is 15.4 Å². The maximum atomic E-state index is 12.4. The third-order valence-electron chi connectivity index (χ3n) is 4.04. The molecule has 0 fully saturated rings. The Morgan fingerprint density at radius 1 is 1.14 bits per heavy atom. The Morgan fingerprint density at radius 2 is 1.90 bits per heavy atom. The summed E-state index contributed by atoms with van der Waals surface area (Å²) in [7, 11) is 0. The Labute approximate surface area is 173 Å². The van der Waals surface area contributed by atoms with Crippen LogP contribution in [0.15, 0.2) is 60.9 Å². The molecule has 2 amide bonds. The van der Waals surface area contributed by atoms with Crippen LogP contribution in [0, 0.1) is 0 Å². The van der Waals surface area contributed by atoms with Crippen LogP contribution in [0.3, 0.4) is 0 Å². The van der Waals surface area contributed by atoms with Gasteiger partial charge in [-0.15, -0.1) is 0 Å². The van der Waals surface area contributed by atoms with Crippen molar-refractivity contribution >= 4 is 29.1 Å². The van der Waals surface area contributed by atoms with Crippen molar-refractivity contribution in [2.24, 2.45) is 0 Å². The highest BCUT2D eigenvalue weighted by molar-refractivity contribution is 6.31. The van der Waals surface area contributed by atoms with E-state index in [-0.39, 0.29) is 18.4 Å². The number of likely N-dealkylation sites (N-methyl/N-ethyl adjacent to an activating group) is 1. The molecule has 1 aromatic heterocycles. The van der Waals surface area contributed by atoms with Gasteiger partial charge >= 0.3 is 0 Å². The van der Waals surface area contributed by atoms with Crippen LogP contribution in [-0.4, -0.2) is 34.7 Å². The standard InChI is InChI=1S/C21H21ClN4O3/c1-2-23-20(27)14-29-18-9-7-17(8-10-18)25-21(28)16-11-24-26(13-16)12-15-5-3-4-6-19(15)22/h3-11,13H,2,12,14H2,1H3,(H,23,27)(H,25,28). The lowest BCUT2D eigenvalue weighted by molar-refractivity contribution is -0.122. The van der Waals surface area contributed by atoms with Crippen molar-refractivity contribution in [1.82, 2.24) is 15.1 Å². The lowest BCUT2D eigenvalue weighted by Crippen LogP contribution is -2.28. The van der Waals surface area contributed by atoms with E-state index in [1.807, 2.05) is 31.2 Å². The van der Waals surface area contributed by atoms with Crippen LogP contribution in [0.1, 0.15) is 22.8 Å². The topological polar surface area (TPSA) is 85.2 Å². The molecule has 150 valence electrons. The number of carbonyl (C=O) groups is 2. The lowest BCUT2D eigenvalue weighted by atomic mass is 10.2. The van der Waals surface area contributed by atoms with Gasteiger partial charge < -0.3 is 15.4 Å². The van der Waals surface area contributed by atoms with Gasteiger partial charge in [0.1, 0.15) is 5.75 Å². The van der Waals surface area contributed by atoms with Gasteiger partial charge in [-0.3, -0.25) is 14.3 Å². The first-order valence-corrected chi connectivity index (χ1v) is 9.49. The van der Waals surface area contributed by atoms with Crippen LogP contribution in [0.2, 0.25) is 5.02 Å². The van der Waals surface area contributed by atoms with Crippen molar-refractivity contribution in [3.05, 3.63) is 77.1 Å². The Hall–Kier alpha value is -3.32. The zero-order chi connectivity index (χ0) is 20.6. The third-order valence-corrected chi connectivity index (χ3v) is 4.41. The summed E-state index contributed by atoms with van der Waals surface area (Å²) in [6, 6.07) is 14.3. The molecule has 7 nitrogen and oxygen atoms in total. The number of anilines is 1. The quantitative estimate of drug-likeness (QED) is 0.594. The zero-order valence-electron chi connectivity index (χ0n) is 15.9. The lowest BCUT2D eigenvalue weighted by Gasteiger charge is -2.08. The largest absolute Gasteiger partial charge is 0.484 e. The second-order valence-electron chi connectivity index (χ2n) is 6.24. The minimum absolute atomic E-state index is 0.0514. The minimum atomic E-state index is -0.272. The maximum Gasteiger partial charge on any atom is 0.258 e. The summed E-state index contributed by atoms with van der Waals surface area (Å²) in [6.45, 7) is 2.83. The van der Waals surface area contributed by atoms with Gasteiger partial charge in [0.05, 0.1) is 18.3 Å². The van der Waals surface area contributed by atoms with Crippen LogP contribution in [-0.2, 0) is 11.3 Å². The van der Waals surface area contributed by atoms with Crippen molar-refractivity contribution in [3.8, 4) is 5.75 Å². The van der Waals surface area contributed by atoms with Gasteiger partial charge in [-0.25, -0.2) is 0 Å². The van der Waals surface area contributed by atoms with Crippen LogP contribution in [0.4, 0.5) is 5.69 Å². The van der Waals surface area contributed by atoms with Gasteiger partial charge in [0.2, 0.25) is 0 Å². The molecular weight excluding hydrogens is 392 g/mol. The fourth-order valence-electron chi connectivity index (χ4n) is 2.60. The molecule has 0 aliphatic heterocycles. The van der Waals surface area contributed by atoms with Gasteiger partial charge in [-0.1, -0.05) is 29.8 Å². The number of nitrogens with one attached hydrogen (secondary N) is 2. The van der Waals surface area contributed by atoms with E-state index in [4.69, 9.17) is 16.3 Å². The molecule has 8 heteroatoms. The van der Waals surface area contributed by atoms with Crippen LogP contribution >= 0.6 is 11.6 Å². The van der Waals surface area contributed by atoms with E-state index in [0.29, 0.717) is 35.1 Å². The Bertz CT molecular complexity index is 986. The molecule has 1 heterocycles. The number of hydrogen-bond donors (Lipinski definition) is 2. The molecule has 0 spiro atoms. The monoisotopic (exact) mass is 412 g/mol. The SMILES string of the molecule is CCNC(=O)COc1ccc(NC(=O)c2cnn(Cc3ccccc3Cl)c2)cc1. The van der Waals surface area contributed by atoms with E-state index in [1.165, 1.54) is 6.20 Å². The van der Waals surface area contributed by atoms with Crippen molar-refractivity contribution in [2.45, 2.75) is 13.5 Å². The van der Waals surface area contributed by atoms with E-state index < -0.39 is 0 Å². The van der Waals surface area contributed by atoms with E-state index in [9.17, 15) is 9.59 Å². The molecule has 0 aliphatic rings. The molecule has 0 saturated carbocycles. The summed E-state index contributed by atoms with van der Waals surface area (Å²) < 4.78 is 7.05. The van der Waals surface area contributed by atoms with Gasteiger partial charge in [0, 0.05) is 23.5 Å². The van der Waals surface area contributed by atoms with Crippen molar-refractivity contribution < 1.29 is 14.3 Å². The van der Waals surface area contributed by atoms with Crippen molar-refractivity contribution in [3.63, 3.8) is 0 Å². The Morgan fingerprint density at radius 3 is 2.62 bits per heavy atom. The molecule has 0 atom stereocenters. The fourth-order valence-corrected chi connectivity index (χ4v) is 2.80. The number of carbonyl (C=O) groups excluding carboxylic acids is 2. The highest BCUT2D eigenvalue weighted by Gasteiger charge is 2.10. The average molecular weight is 413 g/mol. The number of nitrogens with zero attached hydrogens (tertiary/aromatic N) is 2. The summed E-state index contributed by atoms with van der Waals surface area (Å²) in [5.74, 6) is 0.0897. The summed E-state index contributed by atoms with van der Waals surface area (Å²) in [5.41, 5.74) is 1.97.